The minimum atomic E-state index is -3.64. The molecule has 5 nitrogen and oxygen atoms in total. The summed E-state index contributed by atoms with van der Waals surface area (Å²) in [7, 11) is -3.64. The molecule has 0 bridgehead atoms. The highest BCUT2D eigenvalue weighted by Crippen LogP contribution is 2.21. The zero-order valence-corrected chi connectivity index (χ0v) is 11.7. The predicted octanol–water partition coefficient (Wildman–Crippen LogP) is 1.50. The number of rotatable bonds is 2. The van der Waals surface area contributed by atoms with Crippen molar-refractivity contribution in [3.05, 3.63) is 16.7 Å². The molecule has 0 aliphatic rings. The van der Waals surface area contributed by atoms with Crippen LogP contribution in [-0.4, -0.2) is 18.9 Å². The molecule has 1 aromatic heterocycles. The van der Waals surface area contributed by atoms with Crippen molar-refractivity contribution in [3.8, 4) is 0 Å². The van der Waals surface area contributed by atoms with Gasteiger partial charge in [0, 0.05) is 16.2 Å². The fraction of sp³-hybridized carbons (Fsp3) is 0.444. The number of sulfonamides is 1. The largest absolute Gasteiger partial charge is 0.383 e. The molecule has 1 rings (SSSR count). The van der Waals surface area contributed by atoms with Gasteiger partial charge in [0.2, 0.25) is 10.0 Å². The van der Waals surface area contributed by atoms with Crippen molar-refractivity contribution in [1.82, 2.24) is 9.71 Å². The van der Waals surface area contributed by atoms with Gasteiger partial charge < -0.3 is 5.73 Å². The Bertz CT molecular complexity index is 494. The molecule has 7 heteroatoms. The lowest BCUT2D eigenvalue weighted by atomic mass is 10.1. The van der Waals surface area contributed by atoms with Crippen LogP contribution < -0.4 is 10.5 Å². The van der Waals surface area contributed by atoms with Crippen molar-refractivity contribution < 1.29 is 8.42 Å². The lowest BCUT2D eigenvalue weighted by Crippen LogP contribution is -2.40. The average molecular weight is 308 g/mol. The van der Waals surface area contributed by atoms with Crippen LogP contribution in [0.1, 0.15) is 20.8 Å². The summed E-state index contributed by atoms with van der Waals surface area (Å²) in [5.41, 5.74) is 4.98. The number of aromatic nitrogens is 1. The third-order valence-electron chi connectivity index (χ3n) is 1.58. The van der Waals surface area contributed by atoms with E-state index in [9.17, 15) is 8.42 Å². The highest BCUT2D eigenvalue weighted by molar-refractivity contribution is 9.10. The van der Waals surface area contributed by atoms with E-state index in [4.69, 9.17) is 5.73 Å². The maximum Gasteiger partial charge on any atom is 0.244 e. The van der Waals surface area contributed by atoms with Gasteiger partial charge in [-0.25, -0.2) is 18.1 Å². The second kappa shape index (κ2) is 4.31. The quantitative estimate of drug-likeness (QED) is 0.867. The van der Waals surface area contributed by atoms with Crippen LogP contribution >= 0.6 is 15.9 Å². The van der Waals surface area contributed by atoms with Crippen LogP contribution in [0.3, 0.4) is 0 Å². The summed E-state index contributed by atoms with van der Waals surface area (Å²) in [5.74, 6) is -0.0139. The number of hydrogen-bond donors (Lipinski definition) is 2. The van der Waals surface area contributed by atoms with Crippen LogP contribution in [0.4, 0.5) is 5.82 Å². The number of nitrogens with two attached hydrogens (primary N) is 1. The molecule has 0 atom stereocenters. The van der Waals surface area contributed by atoms with Gasteiger partial charge in [0.15, 0.2) is 0 Å². The van der Waals surface area contributed by atoms with Crippen molar-refractivity contribution in [2.75, 3.05) is 5.73 Å². The maximum atomic E-state index is 12.0. The summed E-state index contributed by atoms with van der Waals surface area (Å²) in [4.78, 5) is 3.77. The van der Waals surface area contributed by atoms with Gasteiger partial charge in [0.05, 0.1) is 0 Å². The van der Waals surface area contributed by atoms with Gasteiger partial charge in [0.25, 0.3) is 0 Å². The molecule has 16 heavy (non-hydrogen) atoms. The Morgan fingerprint density at radius 2 is 2.00 bits per heavy atom. The van der Waals surface area contributed by atoms with E-state index < -0.39 is 15.6 Å². The molecular weight excluding hydrogens is 294 g/mol. The Kier molecular flexibility index (Phi) is 3.61. The first kappa shape index (κ1) is 13.4. The fourth-order valence-electron chi connectivity index (χ4n) is 1.10. The van der Waals surface area contributed by atoms with E-state index in [1.807, 2.05) is 0 Å². The number of nitrogens with zero attached hydrogens (tertiary/aromatic N) is 1. The van der Waals surface area contributed by atoms with Gasteiger partial charge in [0.1, 0.15) is 10.7 Å². The van der Waals surface area contributed by atoms with Crippen molar-refractivity contribution in [3.63, 3.8) is 0 Å². The zero-order valence-electron chi connectivity index (χ0n) is 9.28. The van der Waals surface area contributed by atoms with Crippen molar-refractivity contribution in [1.29, 1.82) is 0 Å². The van der Waals surface area contributed by atoms with E-state index in [0.717, 1.165) is 0 Å². The summed E-state index contributed by atoms with van der Waals surface area (Å²) >= 11 is 3.16. The summed E-state index contributed by atoms with van der Waals surface area (Å²) in [5, 5.41) is 0. The van der Waals surface area contributed by atoms with E-state index >= 15 is 0 Å². The Morgan fingerprint density at radius 1 is 1.44 bits per heavy atom. The molecule has 0 saturated carbocycles. The van der Waals surface area contributed by atoms with Gasteiger partial charge in [-0.05, 0) is 42.8 Å². The molecule has 0 aromatic carbocycles. The molecule has 0 amide bonds. The number of nitrogen functional groups attached to an aromatic ring is 1. The third-order valence-corrected chi connectivity index (χ3v) is 3.80. The van der Waals surface area contributed by atoms with E-state index in [0.29, 0.717) is 4.47 Å². The smallest absolute Gasteiger partial charge is 0.244 e. The second-order valence-electron chi connectivity index (χ2n) is 4.39. The second-order valence-corrected chi connectivity index (χ2v) is 6.96. The summed E-state index contributed by atoms with van der Waals surface area (Å²) in [6, 6.07) is 1.43. The number of anilines is 1. The van der Waals surface area contributed by atoms with Gasteiger partial charge in [-0.1, -0.05) is 0 Å². The average Bonchev–Trinajstić information content (AvgIpc) is 2.04. The van der Waals surface area contributed by atoms with E-state index in [-0.39, 0.29) is 10.7 Å². The van der Waals surface area contributed by atoms with Crippen LogP contribution in [0.5, 0.6) is 0 Å². The first-order chi connectivity index (χ1) is 7.12. The first-order valence-corrected chi connectivity index (χ1v) is 6.84. The Hall–Kier alpha value is -0.660. The minimum Gasteiger partial charge on any atom is -0.383 e. The number of hydrogen-bond acceptors (Lipinski definition) is 4. The molecule has 0 radical (unpaired) electrons. The summed E-state index contributed by atoms with van der Waals surface area (Å²) < 4.78 is 27.0. The monoisotopic (exact) mass is 307 g/mol. The topological polar surface area (TPSA) is 85.1 Å². The molecule has 0 unspecified atom stereocenters. The van der Waals surface area contributed by atoms with E-state index in [1.54, 1.807) is 20.8 Å². The third kappa shape index (κ3) is 3.43. The molecule has 1 aromatic rings. The SMILES string of the molecule is CC(C)(C)NS(=O)(=O)c1cc(Br)cnc1N. The molecule has 0 aliphatic carbocycles. The zero-order chi connectivity index (χ0) is 12.6. The minimum absolute atomic E-state index is 0.0139. The van der Waals surface area contributed by atoms with Crippen molar-refractivity contribution in [2.45, 2.75) is 31.2 Å². The molecule has 0 saturated heterocycles. The van der Waals surface area contributed by atoms with Gasteiger partial charge in [-0.2, -0.15) is 0 Å². The fourth-order valence-corrected chi connectivity index (χ4v) is 3.11. The number of nitrogens with one attached hydrogen (secondary N) is 1. The molecule has 1 heterocycles. The Balaban J connectivity index is 3.22. The van der Waals surface area contributed by atoms with Crippen molar-refractivity contribution >= 4 is 31.8 Å². The Morgan fingerprint density at radius 3 is 2.50 bits per heavy atom. The van der Waals surface area contributed by atoms with Gasteiger partial charge in [-0.3, -0.25) is 0 Å². The first-order valence-electron chi connectivity index (χ1n) is 4.57. The molecular formula is C9H14BrN3O2S. The van der Waals surface area contributed by atoms with E-state index in [2.05, 4.69) is 25.6 Å². The summed E-state index contributed by atoms with van der Waals surface area (Å²) in [6.45, 7) is 5.27. The van der Waals surface area contributed by atoms with Gasteiger partial charge >= 0.3 is 0 Å². The van der Waals surface area contributed by atoms with Gasteiger partial charge in [-0.15, -0.1) is 0 Å². The van der Waals surface area contributed by atoms with E-state index in [1.165, 1.54) is 12.3 Å². The standard InChI is InChI=1S/C9H14BrN3O2S/c1-9(2,3)13-16(14,15)7-4-6(10)5-12-8(7)11/h4-5,13H,1-3H3,(H2,11,12). The Labute approximate surface area is 104 Å². The molecule has 0 aliphatic heterocycles. The molecule has 0 spiro atoms. The highest BCUT2D eigenvalue weighted by Gasteiger charge is 2.24. The highest BCUT2D eigenvalue weighted by atomic mass is 79.9. The maximum absolute atomic E-state index is 12.0. The number of halogens is 1. The normalized spacial score (nSPS) is 12.8. The molecule has 3 N–H and O–H groups in total. The molecule has 0 fully saturated rings. The lowest BCUT2D eigenvalue weighted by Gasteiger charge is -2.20. The van der Waals surface area contributed by atoms with Crippen LogP contribution in [0.25, 0.3) is 0 Å². The van der Waals surface area contributed by atoms with Crippen molar-refractivity contribution in [2.24, 2.45) is 0 Å². The van der Waals surface area contributed by atoms with Crippen LogP contribution in [0.2, 0.25) is 0 Å². The lowest BCUT2D eigenvalue weighted by molar-refractivity contribution is 0.491. The summed E-state index contributed by atoms with van der Waals surface area (Å²) in [6.07, 6.45) is 1.45. The molecule has 90 valence electrons. The van der Waals surface area contributed by atoms with Crippen LogP contribution in [-0.2, 0) is 10.0 Å². The number of pyridine rings is 1. The predicted molar refractivity (Wildman–Crippen MR) is 66.4 cm³/mol. The van der Waals surface area contributed by atoms with Crippen LogP contribution in [0, 0.1) is 0 Å². The van der Waals surface area contributed by atoms with Crippen LogP contribution in [0.15, 0.2) is 21.6 Å².